The normalized spacial score (nSPS) is 16.4. The molecule has 0 bridgehead atoms. The topological polar surface area (TPSA) is 67.5 Å². The van der Waals surface area contributed by atoms with Crippen LogP contribution in [0.5, 0.6) is 0 Å². The van der Waals surface area contributed by atoms with E-state index >= 15 is 0 Å². The lowest BCUT2D eigenvalue weighted by atomic mass is 9.86. The third-order valence-corrected chi connectivity index (χ3v) is 4.36. The molecule has 1 saturated carbocycles. The van der Waals surface area contributed by atoms with Gasteiger partial charge in [-0.2, -0.15) is 5.10 Å². The summed E-state index contributed by atoms with van der Waals surface area (Å²) in [7, 11) is 0. The molecule has 1 aliphatic carbocycles. The zero-order valence-corrected chi connectivity index (χ0v) is 12.4. The number of aryl methyl sites for hydroxylation is 1. The molecular formula is C16H21N3O2. The average Bonchev–Trinajstić information content (AvgIpc) is 2.91. The molecule has 0 spiro atoms. The molecule has 0 saturated heterocycles. The first kappa shape index (κ1) is 14.0. The molecule has 5 nitrogen and oxygen atoms in total. The lowest BCUT2D eigenvalue weighted by Crippen LogP contribution is -2.12. The van der Waals surface area contributed by atoms with E-state index in [9.17, 15) is 4.79 Å². The van der Waals surface area contributed by atoms with Gasteiger partial charge in [-0.05, 0) is 24.8 Å². The fourth-order valence-corrected chi connectivity index (χ4v) is 3.24. The molecule has 0 unspecified atom stereocenters. The Hall–Kier alpha value is -1.91. The van der Waals surface area contributed by atoms with E-state index in [4.69, 9.17) is 5.11 Å². The third kappa shape index (κ3) is 2.91. The number of aromatic carboxylic acids is 1. The van der Waals surface area contributed by atoms with E-state index in [1.54, 1.807) is 10.6 Å². The van der Waals surface area contributed by atoms with Gasteiger partial charge in [0.05, 0.1) is 0 Å². The van der Waals surface area contributed by atoms with Crippen molar-refractivity contribution < 1.29 is 9.90 Å². The Morgan fingerprint density at radius 3 is 2.76 bits per heavy atom. The zero-order chi connectivity index (χ0) is 14.8. The molecule has 5 heteroatoms. The van der Waals surface area contributed by atoms with E-state index in [0.717, 1.165) is 30.1 Å². The lowest BCUT2D eigenvalue weighted by molar-refractivity contribution is 0.0690. The highest BCUT2D eigenvalue weighted by atomic mass is 16.4. The van der Waals surface area contributed by atoms with E-state index in [0.29, 0.717) is 5.65 Å². The Morgan fingerprint density at radius 1 is 1.33 bits per heavy atom. The van der Waals surface area contributed by atoms with Crippen LogP contribution in [0.25, 0.3) is 5.65 Å². The van der Waals surface area contributed by atoms with Crippen LogP contribution < -0.4 is 0 Å². The van der Waals surface area contributed by atoms with E-state index < -0.39 is 5.97 Å². The Kier molecular flexibility index (Phi) is 3.90. The number of rotatable bonds is 4. The summed E-state index contributed by atoms with van der Waals surface area (Å²) in [5, 5.41) is 13.2. The Balaban J connectivity index is 1.93. The van der Waals surface area contributed by atoms with Crippen LogP contribution in [0.2, 0.25) is 0 Å². The third-order valence-electron chi connectivity index (χ3n) is 4.36. The first-order valence-electron chi connectivity index (χ1n) is 7.79. The van der Waals surface area contributed by atoms with Gasteiger partial charge in [0, 0.05) is 17.5 Å². The minimum Gasteiger partial charge on any atom is -0.476 e. The highest BCUT2D eigenvalue weighted by Crippen LogP contribution is 2.26. The van der Waals surface area contributed by atoms with Gasteiger partial charge >= 0.3 is 5.97 Å². The van der Waals surface area contributed by atoms with Crippen LogP contribution in [-0.2, 0) is 12.8 Å². The van der Waals surface area contributed by atoms with Crippen LogP contribution in [0.1, 0.15) is 60.9 Å². The van der Waals surface area contributed by atoms with Gasteiger partial charge in [0.2, 0.25) is 0 Å². The SMILES string of the molecule is CCc1cc(CC2CCCCC2)nc2cc(C(=O)O)nn12. The Morgan fingerprint density at radius 2 is 2.10 bits per heavy atom. The second kappa shape index (κ2) is 5.84. The Labute approximate surface area is 124 Å². The quantitative estimate of drug-likeness (QED) is 0.938. The maximum atomic E-state index is 11.1. The van der Waals surface area contributed by atoms with Gasteiger partial charge in [0.15, 0.2) is 11.3 Å². The van der Waals surface area contributed by atoms with Gasteiger partial charge in [0.25, 0.3) is 0 Å². The van der Waals surface area contributed by atoms with Crippen LogP contribution in [-0.4, -0.2) is 25.7 Å². The summed E-state index contributed by atoms with van der Waals surface area (Å²) in [6.45, 7) is 2.06. The van der Waals surface area contributed by atoms with Crippen molar-refractivity contribution in [1.29, 1.82) is 0 Å². The maximum Gasteiger partial charge on any atom is 0.356 e. The molecule has 1 N–H and O–H groups in total. The number of carboxylic acid groups (broad SMARTS) is 1. The number of nitrogens with zero attached hydrogens (tertiary/aromatic N) is 3. The number of hydrogen-bond acceptors (Lipinski definition) is 3. The van der Waals surface area contributed by atoms with Crippen molar-refractivity contribution in [3.8, 4) is 0 Å². The number of hydrogen-bond donors (Lipinski definition) is 1. The highest BCUT2D eigenvalue weighted by molar-refractivity contribution is 5.86. The number of carboxylic acids is 1. The van der Waals surface area contributed by atoms with E-state index in [1.165, 1.54) is 32.1 Å². The van der Waals surface area contributed by atoms with Crippen molar-refractivity contribution in [3.63, 3.8) is 0 Å². The predicted octanol–water partition coefficient (Wildman–Crippen LogP) is 3.11. The van der Waals surface area contributed by atoms with Crippen LogP contribution in [0.3, 0.4) is 0 Å². The summed E-state index contributed by atoms with van der Waals surface area (Å²) >= 11 is 0. The predicted molar refractivity (Wildman–Crippen MR) is 79.6 cm³/mol. The minimum atomic E-state index is -1.00. The van der Waals surface area contributed by atoms with Gasteiger partial charge in [-0.1, -0.05) is 39.0 Å². The molecule has 2 aromatic heterocycles. The molecule has 21 heavy (non-hydrogen) atoms. The average molecular weight is 287 g/mol. The maximum absolute atomic E-state index is 11.1. The van der Waals surface area contributed by atoms with Gasteiger partial charge in [-0.3, -0.25) is 0 Å². The van der Waals surface area contributed by atoms with Crippen LogP contribution >= 0.6 is 0 Å². The molecule has 1 fully saturated rings. The largest absolute Gasteiger partial charge is 0.476 e. The van der Waals surface area contributed by atoms with Crippen molar-refractivity contribution in [3.05, 3.63) is 29.2 Å². The molecule has 2 heterocycles. The standard InChI is InChI=1S/C16H21N3O2/c1-2-13-9-12(8-11-6-4-3-5-7-11)17-15-10-14(16(20)21)18-19(13)15/h9-11H,2-8H2,1H3,(H,20,21). The van der Waals surface area contributed by atoms with E-state index in [-0.39, 0.29) is 5.69 Å². The van der Waals surface area contributed by atoms with Gasteiger partial charge in [-0.15, -0.1) is 0 Å². The van der Waals surface area contributed by atoms with Gasteiger partial charge in [-0.25, -0.2) is 14.3 Å². The summed E-state index contributed by atoms with van der Waals surface area (Å²) in [5.41, 5.74) is 2.81. The highest BCUT2D eigenvalue weighted by Gasteiger charge is 2.17. The van der Waals surface area contributed by atoms with Crippen LogP contribution in [0, 0.1) is 5.92 Å². The number of fused-ring (bicyclic) bond motifs is 1. The summed E-state index contributed by atoms with van der Waals surface area (Å²) in [6, 6.07) is 3.64. The molecule has 1 aliphatic rings. The minimum absolute atomic E-state index is 0.0621. The summed E-state index contributed by atoms with van der Waals surface area (Å²) < 4.78 is 1.66. The molecule has 0 radical (unpaired) electrons. The molecule has 112 valence electrons. The molecule has 0 aliphatic heterocycles. The van der Waals surface area contributed by atoms with Crippen molar-refractivity contribution in [2.45, 2.75) is 51.9 Å². The van der Waals surface area contributed by atoms with Crippen LogP contribution in [0.4, 0.5) is 0 Å². The second-order valence-corrected chi connectivity index (χ2v) is 5.91. The monoisotopic (exact) mass is 287 g/mol. The molecular weight excluding hydrogens is 266 g/mol. The van der Waals surface area contributed by atoms with Gasteiger partial charge < -0.3 is 5.11 Å². The number of carbonyl (C=O) groups is 1. The Bertz CT molecular complexity index is 657. The summed E-state index contributed by atoms with van der Waals surface area (Å²) in [6.07, 6.45) is 8.39. The number of aromatic nitrogens is 3. The van der Waals surface area contributed by atoms with E-state index in [1.807, 2.05) is 0 Å². The van der Waals surface area contributed by atoms with Gasteiger partial charge in [0.1, 0.15) is 0 Å². The summed E-state index contributed by atoms with van der Waals surface area (Å²) in [5.74, 6) is -0.281. The van der Waals surface area contributed by atoms with Crippen molar-refractivity contribution in [2.75, 3.05) is 0 Å². The van der Waals surface area contributed by atoms with Crippen LogP contribution in [0.15, 0.2) is 12.1 Å². The first-order valence-corrected chi connectivity index (χ1v) is 7.79. The summed E-state index contributed by atoms with van der Waals surface area (Å²) in [4.78, 5) is 15.7. The molecule has 0 aromatic carbocycles. The van der Waals surface area contributed by atoms with E-state index in [2.05, 4.69) is 23.1 Å². The molecule has 0 amide bonds. The van der Waals surface area contributed by atoms with Crippen molar-refractivity contribution >= 4 is 11.6 Å². The smallest absolute Gasteiger partial charge is 0.356 e. The fourth-order valence-electron chi connectivity index (χ4n) is 3.24. The molecule has 2 aromatic rings. The van der Waals surface area contributed by atoms with Crippen molar-refractivity contribution in [2.24, 2.45) is 5.92 Å². The zero-order valence-electron chi connectivity index (χ0n) is 12.4. The molecule has 3 rings (SSSR count). The fraction of sp³-hybridized carbons (Fsp3) is 0.562. The first-order chi connectivity index (χ1) is 10.2. The lowest BCUT2D eigenvalue weighted by Gasteiger charge is -2.21. The molecule has 0 atom stereocenters. The van der Waals surface area contributed by atoms with Crippen molar-refractivity contribution in [1.82, 2.24) is 14.6 Å². The second-order valence-electron chi connectivity index (χ2n) is 5.91.